The fourth-order valence-corrected chi connectivity index (χ4v) is 5.00. The van der Waals surface area contributed by atoms with Crippen LogP contribution in [-0.2, 0) is 12.8 Å². The summed E-state index contributed by atoms with van der Waals surface area (Å²) >= 11 is 0. The highest BCUT2D eigenvalue weighted by Gasteiger charge is 2.25. The van der Waals surface area contributed by atoms with Gasteiger partial charge in [-0.1, -0.05) is 24.3 Å². The van der Waals surface area contributed by atoms with E-state index < -0.39 is 0 Å². The van der Waals surface area contributed by atoms with Gasteiger partial charge in [0.25, 0.3) is 0 Å². The molecule has 0 unspecified atom stereocenters. The van der Waals surface area contributed by atoms with Crippen LogP contribution in [0.1, 0.15) is 47.9 Å². The van der Waals surface area contributed by atoms with Gasteiger partial charge < -0.3 is 34.2 Å². The number of benzene rings is 3. The molecule has 0 radical (unpaired) electrons. The van der Waals surface area contributed by atoms with Gasteiger partial charge in [0.2, 0.25) is 11.5 Å². The quantitative estimate of drug-likeness (QED) is 0.220. The molecule has 0 spiro atoms. The Hall–Kier alpha value is -4.40. The van der Waals surface area contributed by atoms with E-state index in [4.69, 9.17) is 39.6 Å². The fraction of sp³-hybridized carbons (Fsp3) is 0.375. The van der Waals surface area contributed by atoms with Crippen molar-refractivity contribution in [3.05, 3.63) is 70.8 Å². The molecule has 1 heterocycles. The van der Waals surface area contributed by atoms with Crippen molar-refractivity contribution < 1.29 is 28.4 Å². The van der Waals surface area contributed by atoms with Crippen molar-refractivity contribution in [3.8, 4) is 34.5 Å². The maximum Gasteiger partial charge on any atom is 0.203 e. The fourth-order valence-electron chi connectivity index (χ4n) is 5.00. The standard InChI is InChI=1S/C32H39N3O6/c1-36-23-13-9-14-24(37-2)29(23)40-19-7-5-11-21-17-18-22(28-27(21)31(33)35-32(28)34)12-6-8-20-41-30-25(38-3)15-10-16-26(30)39-4/h9-10,13-18H,5-8,11-12,19-20H2,1-4H3,(H3,33,34,35). The molecule has 9 nitrogen and oxygen atoms in total. The van der Waals surface area contributed by atoms with Crippen molar-refractivity contribution >= 4 is 11.7 Å². The summed E-state index contributed by atoms with van der Waals surface area (Å²) in [6, 6.07) is 15.4. The topological polar surface area (TPSA) is 118 Å². The molecule has 0 bridgehead atoms. The average molecular weight is 562 g/mol. The summed E-state index contributed by atoms with van der Waals surface area (Å²) < 4.78 is 33.6. The first-order valence-electron chi connectivity index (χ1n) is 13.8. The smallest absolute Gasteiger partial charge is 0.203 e. The van der Waals surface area contributed by atoms with Crippen LogP contribution in [0.3, 0.4) is 0 Å². The first-order valence-corrected chi connectivity index (χ1v) is 13.8. The first-order chi connectivity index (χ1) is 20.0. The van der Waals surface area contributed by atoms with Gasteiger partial charge in [0.05, 0.1) is 41.7 Å². The summed E-state index contributed by atoms with van der Waals surface area (Å²) in [5.41, 5.74) is 10.2. The van der Waals surface area contributed by atoms with Crippen LogP contribution in [0.5, 0.6) is 34.5 Å². The minimum Gasteiger partial charge on any atom is -0.493 e. The molecule has 0 amide bonds. The van der Waals surface area contributed by atoms with E-state index in [2.05, 4.69) is 17.1 Å². The molecule has 9 heteroatoms. The Morgan fingerprint density at radius 2 is 1.02 bits per heavy atom. The number of aryl methyl sites for hydroxylation is 2. The zero-order chi connectivity index (χ0) is 29.2. The third-order valence-corrected chi connectivity index (χ3v) is 7.04. The summed E-state index contributed by atoms with van der Waals surface area (Å²) in [5, 5.41) is 8.47. The van der Waals surface area contributed by atoms with Crippen LogP contribution in [0.25, 0.3) is 0 Å². The number of fused-ring (bicyclic) bond motifs is 1. The number of ether oxygens (including phenoxy) is 6. The highest BCUT2D eigenvalue weighted by Crippen LogP contribution is 2.38. The van der Waals surface area contributed by atoms with Crippen molar-refractivity contribution in [2.75, 3.05) is 41.7 Å². The third-order valence-electron chi connectivity index (χ3n) is 7.04. The van der Waals surface area contributed by atoms with E-state index >= 15 is 0 Å². The van der Waals surface area contributed by atoms with Gasteiger partial charge in [0.15, 0.2) is 28.8 Å². The second-order valence-corrected chi connectivity index (χ2v) is 9.57. The molecule has 1 aliphatic rings. The number of nitrogens with zero attached hydrogens (tertiary/aromatic N) is 1. The molecule has 0 aromatic heterocycles. The number of amidine groups is 2. The maximum atomic E-state index is 8.47. The van der Waals surface area contributed by atoms with E-state index in [9.17, 15) is 0 Å². The molecule has 4 rings (SSSR count). The summed E-state index contributed by atoms with van der Waals surface area (Å²) in [7, 11) is 6.45. The van der Waals surface area contributed by atoms with Crippen LogP contribution in [0.2, 0.25) is 0 Å². The number of aliphatic imine (C=N–C) groups is 1. The highest BCUT2D eigenvalue weighted by atomic mass is 16.5. The van der Waals surface area contributed by atoms with Gasteiger partial charge in [-0.25, -0.2) is 4.99 Å². The Labute approximate surface area is 241 Å². The van der Waals surface area contributed by atoms with Crippen molar-refractivity contribution in [2.45, 2.75) is 38.5 Å². The van der Waals surface area contributed by atoms with Crippen LogP contribution < -0.4 is 34.2 Å². The molecule has 0 saturated carbocycles. The number of nitrogens with one attached hydrogen (secondary N) is 1. The molecule has 3 aromatic rings. The zero-order valence-electron chi connectivity index (χ0n) is 24.2. The molecule has 1 aliphatic heterocycles. The Bertz CT molecular complexity index is 1340. The largest absolute Gasteiger partial charge is 0.493 e. The van der Waals surface area contributed by atoms with E-state index in [1.165, 1.54) is 0 Å². The maximum absolute atomic E-state index is 8.47. The van der Waals surface area contributed by atoms with Gasteiger partial charge in [-0.3, -0.25) is 5.41 Å². The highest BCUT2D eigenvalue weighted by molar-refractivity contribution is 6.22. The summed E-state index contributed by atoms with van der Waals surface area (Å²) in [4.78, 5) is 4.30. The summed E-state index contributed by atoms with van der Waals surface area (Å²) in [6.07, 6.45) is 5.07. The Morgan fingerprint density at radius 3 is 1.44 bits per heavy atom. The molecular formula is C32H39N3O6. The van der Waals surface area contributed by atoms with Crippen molar-refractivity contribution in [2.24, 2.45) is 10.7 Å². The monoisotopic (exact) mass is 561 g/mol. The Morgan fingerprint density at radius 1 is 0.610 bits per heavy atom. The van der Waals surface area contributed by atoms with E-state index in [1.807, 2.05) is 36.4 Å². The predicted molar refractivity (Wildman–Crippen MR) is 160 cm³/mol. The molecule has 0 fully saturated rings. The minimum absolute atomic E-state index is 0.232. The van der Waals surface area contributed by atoms with E-state index in [-0.39, 0.29) is 5.84 Å². The molecule has 0 saturated heterocycles. The molecule has 218 valence electrons. The second-order valence-electron chi connectivity index (χ2n) is 9.57. The SMILES string of the molecule is COc1cccc(OC)c1OCCCCc1ccc(CCCCOc2c(OC)cccc2OC)c2c1C(=N)N=C2N. The lowest BCUT2D eigenvalue weighted by molar-refractivity contribution is 0.268. The Balaban J connectivity index is 1.32. The van der Waals surface area contributed by atoms with Gasteiger partial charge >= 0.3 is 0 Å². The number of hydrogen-bond donors (Lipinski definition) is 2. The van der Waals surface area contributed by atoms with Crippen molar-refractivity contribution in [1.29, 1.82) is 5.41 Å². The first kappa shape index (κ1) is 29.6. The van der Waals surface area contributed by atoms with E-state index in [1.54, 1.807) is 28.4 Å². The normalized spacial score (nSPS) is 12.0. The third kappa shape index (κ3) is 6.85. The molecule has 41 heavy (non-hydrogen) atoms. The second kappa shape index (κ2) is 14.3. The average Bonchev–Trinajstić information content (AvgIpc) is 3.31. The number of rotatable bonds is 16. The molecular weight excluding hydrogens is 522 g/mol. The number of unbranched alkanes of at least 4 members (excludes halogenated alkanes) is 2. The van der Waals surface area contributed by atoms with Gasteiger partial charge in [0.1, 0.15) is 5.84 Å². The summed E-state index contributed by atoms with van der Waals surface area (Å²) in [6.45, 7) is 1.05. The number of hydrogen-bond acceptors (Lipinski definition) is 8. The van der Waals surface area contributed by atoms with Gasteiger partial charge in [0, 0.05) is 11.1 Å². The molecule has 0 aliphatic carbocycles. The van der Waals surface area contributed by atoms with Crippen LogP contribution >= 0.6 is 0 Å². The number of methoxy groups -OCH3 is 4. The lowest BCUT2D eigenvalue weighted by atomic mass is 9.91. The molecule has 3 aromatic carbocycles. The summed E-state index contributed by atoms with van der Waals surface area (Å²) in [5.74, 6) is 4.45. The Kier molecular flexibility index (Phi) is 10.3. The minimum atomic E-state index is 0.232. The van der Waals surface area contributed by atoms with Crippen molar-refractivity contribution in [1.82, 2.24) is 0 Å². The lowest BCUT2D eigenvalue weighted by Crippen LogP contribution is -2.15. The van der Waals surface area contributed by atoms with Crippen LogP contribution in [0.4, 0.5) is 0 Å². The van der Waals surface area contributed by atoms with Gasteiger partial charge in [-0.05, 0) is 73.9 Å². The van der Waals surface area contributed by atoms with E-state index in [0.717, 1.165) is 60.8 Å². The predicted octanol–water partition coefficient (Wildman–Crippen LogP) is 5.57. The number of nitrogens with two attached hydrogens (primary N) is 1. The number of para-hydroxylation sites is 2. The molecule has 0 atom stereocenters. The zero-order valence-corrected chi connectivity index (χ0v) is 24.2. The van der Waals surface area contributed by atoms with Crippen LogP contribution in [0, 0.1) is 5.41 Å². The van der Waals surface area contributed by atoms with E-state index in [0.29, 0.717) is 53.5 Å². The lowest BCUT2D eigenvalue weighted by Gasteiger charge is -2.15. The van der Waals surface area contributed by atoms with Gasteiger partial charge in [-0.2, -0.15) is 0 Å². The van der Waals surface area contributed by atoms with Gasteiger partial charge in [-0.15, -0.1) is 0 Å². The van der Waals surface area contributed by atoms with Crippen LogP contribution in [-0.4, -0.2) is 53.3 Å². The molecule has 3 N–H and O–H groups in total. The van der Waals surface area contributed by atoms with Crippen molar-refractivity contribution in [3.63, 3.8) is 0 Å². The van der Waals surface area contributed by atoms with Crippen LogP contribution in [0.15, 0.2) is 53.5 Å².